The van der Waals surface area contributed by atoms with E-state index < -0.39 is 0 Å². The molecule has 118 valence electrons. The monoisotopic (exact) mass is 318 g/mol. The van der Waals surface area contributed by atoms with Crippen LogP contribution in [0.1, 0.15) is 42.5 Å². The van der Waals surface area contributed by atoms with Gasteiger partial charge in [-0.15, -0.1) is 11.8 Å². The Bertz CT molecular complexity index is 672. The van der Waals surface area contributed by atoms with E-state index >= 15 is 0 Å². The van der Waals surface area contributed by atoms with E-state index in [9.17, 15) is 4.79 Å². The lowest BCUT2D eigenvalue weighted by atomic mass is 10.2. The molecule has 1 aromatic heterocycles. The first-order valence-corrected chi connectivity index (χ1v) is 7.98. The number of nitrogens with two attached hydrogens (primary N) is 1. The van der Waals surface area contributed by atoms with E-state index in [2.05, 4.69) is 32.2 Å². The van der Waals surface area contributed by atoms with Crippen LogP contribution in [0.3, 0.4) is 0 Å². The number of furan rings is 1. The summed E-state index contributed by atoms with van der Waals surface area (Å²) in [6.07, 6.45) is 1.43. The maximum Gasteiger partial charge on any atom is 0.258 e. The summed E-state index contributed by atoms with van der Waals surface area (Å²) in [5, 5.41) is 2.90. The molecule has 2 aromatic rings. The Morgan fingerprint density at radius 2 is 2.05 bits per heavy atom. The molecule has 0 radical (unpaired) electrons. The standard InChI is InChI=1S/C17H22N2O2S/c1-11-7-14(22-17(2,3)4)5-6-15(11)19-16(20)12-8-13(9-18)21-10-12/h5-8,10H,9,18H2,1-4H3,(H,19,20). The second kappa shape index (κ2) is 6.58. The number of carbonyl (C=O) groups is 1. The van der Waals surface area contributed by atoms with Gasteiger partial charge in [0.15, 0.2) is 0 Å². The van der Waals surface area contributed by atoms with Gasteiger partial charge in [-0.1, -0.05) is 20.8 Å². The molecule has 2 rings (SSSR count). The van der Waals surface area contributed by atoms with Gasteiger partial charge in [0.2, 0.25) is 0 Å². The van der Waals surface area contributed by atoms with Gasteiger partial charge >= 0.3 is 0 Å². The van der Waals surface area contributed by atoms with Crippen LogP contribution < -0.4 is 11.1 Å². The number of rotatable bonds is 4. The van der Waals surface area contributed by atoms with Gasteiger partial charge in [-0.05, 0) is 36.8 Å². The van der Waals surface area contributed by atoms with Crippen LogP contribution in [0.25, 0.3) is 0 Å². The van der Waals surface area contributed by atoms with Crippen molar-refractivity contribution in [3.05, 3.63) is 47.4 Å². The van der Waals surface area contributed by atoms with Gasteiger partial charge in [0.1, 0.15) is 12.0 Å². The molecule has 1 aromatic carbocycles. The van der Waals surface area contributed by atoms with Gasteiger partial charge in [-0.25, -0.2) is 0 Å². The number of benzene rings is 1. The molecule has 5 heteroatoms. The van der Waals surface area contributed by atoms with Crippen molar-refractivity contribution >= 4 is 23.4 Å². The maximum atomic E-state index is 12.2. The maximum absolute atomic E-state index is 12.2. The number of amides is 1. The molecule has 4 nitrogen and oxygen atoms in total. The van der Waals surface area contributed by atoms with Crippen LogP contribution in [0.4, 0.5) is 5.69 Å². The van der Waals surface area contributed by atoms with Crippen LogP contribution in [0.5, 0.6) is 0 Å². The Labute approximate surface area is 135 Å². The normalized spacial score (nSPS) is 11.5. The second-order valence-electron chi connectivity index (χ2n) is 6.15. The van der Waals surface area contributed by atoms with Gasteiger partial charge in [-0.2, -0.15) is 0 Å². The van der Waals surface area contributed by atoms with Crippen molar-refractivity contribution in [2.75, 3.05) is 5.32 Å². The number of thioether (sulfide) groups is 1. The summed E-state index contributed by atoms with van der Waals surface area (Å²) < 4.78 is 5.35. The zero-order chi connectivity index (χ0) is 16.3. The van der Waals surface area contributed by atoms with Crippen molar-refractivity contribution in [3.63, 3.8) is 0 Å². The lowest BCUT2D eigenvalue weighted by molar-refractivity contribution is 0.102. The largest absolute Gasteiger partial charge is 0.467 e. The zero-order valence-electron chi connectivity index (χ0n) is 13.4. The molecule has 0 atom stereocenters. The average molecular weight is 318 g/mol. The summed E-state index contributed by atoms with van der Waals surface area (Å²) in [4.78, 5) is 13.4. The Balaban J connectivity index is 2.11. The number of carbonyl (C=O) groups excluding carboxylic acids is 1. The molecule has 1 heterocycles. The molecule has 3 N–H and O–H groups in total. The number of anilines is 1. The summed E-state index contributed by atoms with van der Waals surface area (Å²) in [5.74, 6) is 0.404. The third kappa shape index (κ3) is 4.39. The third-order valence-electron chi connectivity index (χ3n) is 2.99. The molecular weight excluding hydrogens is 296 g/mol. The van der Waals surface area contributed by atoms with Crippen molar-refractivity contribution in [1.82, 2.24) is 0 Å². The molecular formula is C17H22N2O2S. The van der Waals surface area contributed by atoms with E-state index in [1.54, 1.807) is 17.8 Å². The van der Waals surface area contributed by atoms with Crippen molar-refractivity contribution in [3.8, 4) is 0 Å². The fourth-order valence-electron chi connectivity index (χ4n) is 1.99. The summed E-state index contributed by atoms with van der Waals surface area (Å²) in [6, 6.07) is 7.71. The Kier molecular flexibility index (Phi) is 4.98. The van der Waals surface area contributed by atoms with Crippen LogP contribution in [0.15, 0.2) is 39.8 Å². The van der Waals surface area contributed by atoms with E-state index in [0.717, 1.165) is 11.3 Å². The fourth-order valence-corrected chi connectivity index (χ4v) is 3.07. The van der Waals surface area contributed by atoms with Crippen LogP contribution in [-0.4, -0.2) is 10.7 Å². The van der Waals surface area contributed by atoms with Gasteiger partial charge in [0.05, 0.1) is 12.1 Å². The average Bonchev–Trinajstić information content (AvgIpc) is 2.89. The van der Waals surface area contributed by atoms with E-state index in [-0.39, 0.29) is 17.2 Å². The summed E-state index contributed by atoms with van der Waals surface area (Å²) in [7, 11) is 0. The summed E-state index contributed by atoms with van der Waals surface area (Å²) in [6.45, 7) is 8.80. The van der Waals surface area contributed by atoms with Crippen molar-refractivity contribution < 1.29 is 9.21 Å². The molecule has 0 bridgehead atoms. The molecule has 0 aliphatic heterocycles. The highest BCUT2D eigenvalue weighted by Crippen LogP contribution is 2.33. The summed E-state index contributed by atoms with van der Waals surface area (Å²) in [5.41, 5.74) is 7.80. The Hall–Kier alpha value is -1.72. The number of hydrogen-bond donors (Lipinski definition) is 2. The highest BCUT2D eigenvalue weighted by atomic mass is 32.2. The van der Waals surface area contributed by atoms with Crippen LogP contribution in [0, 0.1) is 6.92 Å². The van der Waals surface area contributed by atoms with E-state index in [4.69, 9.17) is 10.2 Å². The SMILES string of the molecule is Cc1cc(SC(C)(C)C)ccc1NC(=O)c1coc(CN)c1. The smallest absolute Gasteiger partial charge is 0.258 e. The van der Waals surface area contributed by atoms with Gasteiger partial charge in [-0.3, -0.25) is 4.79 Å². The molecule has 0 saturated carbocycles. The first kappa shape index (κ1) is 16.6. The highest BCUT2D eigenvalue weighted by Gasteiger charge is 2.14. The number of hydrogen-bond acceptors (Lipinski definition) is 4. The molecule has 0 fully saturated rings. The first-order chi connectivity index (χ1) is 10.3. The van der Waals surface area contributed by atoms with Gasteiger partial charge in [0, 0.05) is 15.3 Å². The molecule has 0 spiro atoms. The molecule has 0 aliphatic rings. The van der Waals surface area contributed by atoms with Crippen molar-refractivity contribution in [2.45, 2.75) is 43.9 Å². The second-order valence-corrected chi connectivity index (χ2v) is 8.05. The first-order valence-electron chi connectivity index (χ1n) is 7.17. The van der Waals surface area contributed by atoms with E-state index in [1.807, 2.05) is 19.1 Å². The molecule has 0 saturated heterocycles. The van der Waals surface area contributed by atoms with E-state index in [1.165, 1.54) is 11.2 Å². The molecule has 1 amide bonds. The predicted octanol–water partition coefficient (Wildman–Crippen LogP) is 4.19. The minimum absolute atomic E-state index is 0.159. The fraction of sp³-hybridized carbons (Fsp3) is 0.353. The van der Waals surface area contributed by atoms with Crippen LogP contribution >= 0.6 is 11.8 Å². The highest BCUT2D eigenvalue weighted by molar-refractivity contribution is 8.00. The minimum atomic E-state index is -0.192. The molecule has 22 heavy (non-hydrogen) atoms. The third-order valence-corrected chi connectivity index (χ3v) is 4.09. The van der Waals surface area contributed by atoms with E-state index in [0.29, 0.717) is 11.3 Å². The lowest BCUT2D eigenvalue weighted by Crippen LogP contribution is -2.12. The van der Waals surface area contributed by atoms with Crippen LogP contribution in [0.2, 0.25) is 0 Å². The lowest BCUT2D eigenvalue weighted by Gasteiger charge is -2.18. The number of nitrogens with one attached hydrogen (secondary N) is 1. The summed E-state index contributed by atoms with van der Waals surface area (Å²) >= 11 is 1.80. The number of aryl methyl sites for hydroxylation is 1. The van der Waals surface area contributed by atoms with Crippen molar-refractivity contribution in [1.29, 1.82) is 0 Å². The Morgan fingerprint density at radius 1 is 1.32 bits per heavy atom. The molecule has 0 aliphatic carbocycles. The minimum Gasteiger partial charge on any atom is -0.467 e. The topological polar surface area (TPSA) is 68.3 Å². The Morgan fingerprint density at radius 3 is 2.59 bits per heavy atom. The zero-order valence-corrected chi connectivity index (χ0v) is 14.2. The predicted molar refractivity (Wildman–Crippen MR) is 91.3 cm³/mol. The molecule has 0 unspecified atom stereocenters. The van der Waals surface area contributed by atoms with Crippen LogP contribution in [-0.2, 0) is 6.54 Å². The van der Waals surface area contributed by atoms with Crippen molar-refractivity contribution in [2.24, 2.45) is 5.73 Å². The quantitative estimate of drug-likeness (QED) is 0.829. The van der Waals surface area contributed by atoms with Gasteiger partial charge < -0.3 is 15.5 Å². The van der Waals surface area contributed by atoms with Gasteiger partial charge in [0.25, 0.3) is 5.91 Å².